The molecule has 0 unspecified atom stereocenters. The number of benzene rings is 2. The van der Waals surface area contributed by atoms with Crippen LogP contribution in [0.15, 0.2) is 24.3 Å². The van der Waals surface area contributed by atoms with Crippen LogP contribution in [0.2, 0.25) is 0 Å². The topological polar surface area (TPSA) is 43.4 Å². The molecule has 3 nitrogen and oxygen atoms in total. The van der Waals surface area contributed by atoms with E-state index in [-0.39, 0.29) is 18.0 Å². The largest absolute Gasteiger partial charge is 0.454 e. The molecular formula is C20H21FO3. The van der Waals surface area contributed by atoms with Gasteiger partial charge in [-0.2, -0.15) is 0 Å². The summed E-state index contributed by atoms with van der Waals surface area (Å²) < 4.78 is 18.6. The number of hydrogen-bond donors (Lipinski definition) is 0. The zero-order chi connectivity index (χ0) is 18.0. The van der Waals surface area contributed by atoms with Crippen molar-refractivity contribution in [2.75, 3.05) is 6.61 Å². The smallest absolute Gasteiger partial charge is 0.338 e. The molecule has 4 heteroatoms. The average Bonchev–Trinajstić information content (AvgIpc) is 2.56. The highest BCUT2D eigenvalue weighted by Gasteiger charge is 2.17. The molecule has 2 aromatic carbocycles. The fourth-order valence-electron chi connectivity index (χ4n) is 2.51. The van der Waals surface area contributed by atoms with E-state index in [4.69, 9.17) is 4.74 Å². The van der Waals surface area contributed by atoms with Gasteiger partial charge in [0.05, 0.1) is 5.56 Å². The van der Waals surface area contributed by atoms with Gasteiger partial charge in [0.2, 0.25) is 5.78 Å². The normalized spacial score (nSPS) is 10.6. The molecule has 0 atom stereocenters. The SMILES string of the molecule is Cc1ccc(C(=O)OCC(=O)c2cc(C)c(C)c(C)c2C)cc1F. The Kier molecular flexibility index (Phi) is 5.17. The van der Waals surface area contributed by atoms with Crippen LogP contribution < -0.4 is 0 Å². The van der Waals surface area contributed by atoms with Gasteiger partial charge in [0.1, 0.15) is 5.82 Å². The third-order valence-electron chi connectivity index (χ3n) is 4.52. The number of rotatable bonds is 4. The van der Waals surface area contributed by atoms with Gasteiger partial charge in [0.25, 0.3) is 0 Å². The molecule has 24 heavy (non-hydrogen) atoms. The number of carbonyl (C=O) groups is 2. The van der Waals surface area contributed by atoms with Crippen LogP contribution in [0.4, 0.5) is 4.39 Å². The van der Waals surface area contributed by atoms with E-state index in [0.717, 1.165) is 28.3 Å². The number of aryl methyl sites for hydroxylation is 2. The van der Waals surface area contributed by atoms with Crippen molar-refractivity contribution in [2.24, 2.45) is 0 Å². The molecule has 0 saturated carbocycles. The van der Waals surface area contributed by atoms with Gasteiger partial charge in [0.15, 0.2) is 6.61 Å². The maximum Gasteiger partial charge on any atom is 0.338 e. The molecule has 2 aromatic rings. The highest BCUT2D eigenvalue weighted by Crippen LogP contribution is 2.21. The van der Waals surface area contributed by atoms with Crippen molar-refractivity contribution in [3.63, 3.8) is 0 Å². The third kappa shape index (κ3) is 3.53. The molecule has 2 rings (SSSR count). The van der Waals surface area contributed by atoms with Gasteiger partial charge in [-0.25, -0.2) is 9.18 Å². The Morgan fingerprint density at radius 1 is 0.917 bits per heavy atom. The van der Waals surface area contributed by atoms with E-state index in [2.05, 4.69) is 0 Å². The van der Waals surface area contributed by atoms with Gasteiger partial charge >= 0.3 is 5.97 Å². The summed E-state index contributed by atoms with van der Waals surface area (Å²) in [7, 11) is 0. The minimum Gasteiger partial charge on any atom is -0.454 e. The second-order valence-electron chi connectivity index (χ2n) is 6.08. The molecule has 0 fully saturated rings. The summed E-state index contributed by atoms with van der Waals surface area (Å²) >= 11 is 0. The van der Waals surface area contributed by atoms with E-state index >= 15 is 0 Å². The van der Waals surface area contributed by atoms with Crippen molar-refractivity contribution in [1.29, 1.82) is 0 Å². The lowest BCUT2D eigenvalue weighted by Crippen LogP contribution is -2.16. The van der Waals surface area contributed by atoms with Crippen LogP contribution in [-0.2, 0) is 4.74 Å². The molecule has 126 valence electrons. The third-order valence-corrected chi connectivity index (χ3v) is 4.52. The van der Waals surface area contributed by atoms with Crippen molar-refractivity contribution in [3.8, 4) is 0 Å². The number of esters is 1. The fraction of sp³-hybridized carbons (Fsp3) is 0.300. The zero-order valence-corrected chi connectivity index (χ0v) is 14.6. The molecule has 0 aliphatic carbocycles. The van der Waals surface area contributed by atoms with Gasteiger partial charge in [-0.15, -0.1) is 0 Å². The van der Waals surface area contributed by atoms with Gasteiger partial charge in [0, 0.05) is 5.56 Å². The summed E-state index contributed by atoms with van der Waals surface area (Å²) in [6.45, 7) is 9.05. The maximum absolute atomic E-state index is 13.5. The van der Waals surface area contributed by atoms with E-state index in [1.54, 1.807) is 6.92 Å². The standard InChI is InChI=1S/C20H21FO3/c1-11-6-7-16(9-18(11)21)20(23)24-10-19(22)17-8-12(2)13(3)14(4)15(17)5/h6-9H,10H2,1-5H3. The zero-order valence-electron chi connectivity index (χ0n) is 14.6. The molecule has 0 aliphatic heterocycles. The van der Waals surface area contributed by atoms with Crippen LogP contribution in [0, 0.1) is 40.4 Å². The highest BCUT2D eigenvalue weighted by atomic mass is 19.1. The van der Waals surface area contributed by atoms with E-state index in [9.17, 15) is 14.0 Å². The fourth-order valence-corrected chi connectivity index (χ4v) is 2.51. The molecule has 0 saturated heterocycles. The quantitative estimate of drug-likeness (QED) is 0.617. The van der Waals surface area contributed by atoms with Crippen molar-refractivity contribution >= 4 is 11.8 Å². The lowest BCUT2D eigenvalue weighted by molar-refractivity contribution is 0.0474. The van der Waals surface area contributed by atoms with Crippen LogP contribution in [0.3, 0.4) is 0 Å². The van der Waals surface area contributed by atoms with Gasteiger partial charge in [-0.05, 0) is 80.6 Å². The van der Waals surface area contributed by atoms with E-state index in [0.29, 0.717) is 11.1 Å². The molecule has 0 spiro atoms. The summed E-state index contributed by atoms with van der Waals surface area (Å²) in [5, 5.41) is 0. The summed E-state index contributed by atoms with van der Waals surface area (Å²) in [5.74, 6) is -1.45. The molecular weight excluding hydrogens is 307 g/mol. The van der Waals surface area contributed by atoms with E-state index in [1.807, 2.05) is 33.8 Å². The average molecular weight is 328 g/mol. The number of ketones is 1. The summed E-state index contributed by atoms with van der Waals surface area (Å²) in [5.41, 5.74) is 5.22. The lowest BCUT2D eigenvalue weighted by Gasteiger charge is -2.13. The Morgan fingerprint density at radius 3 is 2.21 bits per heavy atom. The highest BCUT2D eigenvalue weighted by molar-refractivity contribution is 6.01. The van der Waals surface area contributed by atoms with Crippen LogP contribution >= 0.6 is 0 Å². The molecule has 0 heterocycles. The predicted molar refractivity (Wildman–Crippen MR) is 91.1 cm³/mol. The molecule has 0 aromatic heterocycles. The molecule has 0 aliphatic rings. The van der Waals surface area contributed by atoms with Crippen molar-refractivity contribution in [1.82, 2.24) is 0 Å². The second-order valence-corrected chi connectivity index (χ2v) is 6.08. The molecule has 0 radical (unpaired) electrons. The molecule has 0 N–H and O–H groups in total. The van der Waals surface area contributed by atoms with Gasteiger partial charge in [-0.1, -0.05) is 6.07 Å². The summed E-state index contributed by atoms with van der Waals surface area (Å²) in [6, 6.07) is 5.92. The minimum atomic E-state index is -0.708. The van der Waals surface area contributed by atoms with E-state index < -0.39 is 11.8 Å². The first-order valence-corrected chi connectivity index (χ1v) is 7.76. The Hall–Kier alpha value is -2.49. The Balaban J connectivity index is 2.13. The number of ether oxygens (including phenoxy) is 1. The first-order valence-electron chi connectivity index (χ1n) is 7.76. The second kappa shape index (κ2) is 6.95. The Bertz CT molecular complexity index is 822. The number of halogens is 1. The maximum atomic E-state index is 13.5. The number of carbonyl (C=O) groups excluding carboxylic acids is 2. The van der Waals surface area contributed by atoms with Crippen LogP contribution in [0.5, 0.6) is 0 Å². The Morgan fingerprint density at radius 2 is 1.58 bits per heavy atom. The lowest BCUT2D eigenvalue weighted by atomic mass is 9.93. The molecule has 0 amide bonds. The van der Waals surface area contributed by atoms with Crippen LogP contribution in [-0.4, -0.2) is 18.4 Å². The van der Waals surface area contributed by atoms with Crippen molar-refractivity contribution < 1.29 is 18.7 Å². The van der Waals surface area contributed by atoms with Gasteiger partial charge in [-0.3, -0.25) is 4.79 Å². The predicted octanol–water partition coefficient (Wildman–Crippen LogP) is 4.41. The van der Waals surface area contributed by atoms with Crippen molar-refractivity contribution in [2.45, 2.75) is 34.6 Å². The minimum absolute atomic E-state index is 0.0962. The van der Waals surface area contributed by atoms with Crippen LogP contribution in [0.1, 0.15) is 48.5 Å². The summed E-state index contributed by atoms with van der Waals surface area (Å²) in [6.07, 6.45) is 0. The number of hydrogen-bond acceptors (Lipinski definition) is 3. The first kappa shape index (κ1) is 17.9. The van der Waals surface area contributed by atoms with Crippen LogP contribution in [0.25, 0.3) is 0 Å². The molecule has 0 bridgehead atoms. The summed E-state index contributed by atoms with van der Waals surface area (Å²) in [4.78, 5) is 24.4. The van der Waals surface area contributed by atoms with Crippen molar-refractivity contribution in [3.05, 3.63) is 69.0 Å². The number of Topliss-reactive ketones (excluding diaryl/α,β-unsaturated/α-hetero) is 1. The van der Waals surface area contributed by atoms with Gasteiger partial charge < -0.3 is 4.74 Å². The van der Waals surface area contributed by atoms with E-state index in [1.165, 1.54) is 12.1 Å². The monoisotopic (exact) mass is 328 g/mol. The Labute approximate surface area is 141 Å². The first-order chi connectivity index (χ1) is 11.2.